The van der Waals surface area contributed by atoms with Crippen LogP contribution in [0.2, 0.25) is 0 Å². The van der Waals surface area contributed by atoms with E-state index in [1.807, 2.05) is 6.92 Å². The molecule has 21 heavy (non-hydrogen) atoms. The summed E-state index contributed by atoms with van der Waals surface area (Å²) in [4.78, 5) is 8.22. The second kappa shape index (κ2) is 6.67. The van der Waals surface area contributed by atoms with E-state index in [-0.39, 0.29) is 5.56 Å². The molecule has 0 amide bonds. The highest BCUT2D eigenvalue weighted by atomic mass is 19.2. The predicted octanol–water partition coefficient (Wildman–Crippen LogP) is 3.29. The summed E-state index contributed by atoms with van der Waals surface area (Å²) in [5, 5.41) is 3.10. The molecular weight excluding hydrogens is 279 g/mol. The van der Waals surface area contributed by atoms with Crippen molar-refractivity contribution in [3.8, 4) is 0 Å². The number of rotatable bonds is 5. The maximum Gasteiger partial charge on any atom is 0.194 e. The van der Waals surface area contributed by atoms with Crippen LogP contribution in [0.25, 0.3) is 0 Å². The first-order chi connectivity index (χ1) is 10.0. The first-order valence-electron chi connectivity index (χ1n) is 6.71. The van der Waals surface area contributed by atoms with Gasteiger partial charge in [-0.3, -0.25) is 0 Å². The van der Waals surface area contributed by atoms with Crippen LogP contribution in [0, 0.1) is 24.4 Å². The number of nitrogens with one attached hydrogen (secondary N) is 1. The van der Waals surface area contributed by atoms with Gasteiger partial charge in [-0.1, -0.05) is 13.0 Å². The van der Waals surface area contributed by atoms with Gasteiger partial charge >= 0.3 is 0 Å². The molecule has 0 saturated heterocycles. The minimum Gasteiger partial charge on any atom is -0.305 e. The topological polar surface area (TPSA) is 37.8 Å². The molecule has 0 aliphatic heterocycles. The Balaban J connectivity index is 2.48. The standard InChI is InChI=1S/C15H16F3N3/c1-3-7-20-15(12-6-8-19-9(2)21-12)10-4-5-11(16)14(18)13(10)17/h4-6,8,15,20H,3,7H2,1-2H3. The van der Waals surface area contributed by atoms with Crippen LogP contribution >= 0.6 is 0 Å². The van der Waals surface area contributed by atoms with E-state index in [2.05, 4.69) is 15.3 Å². The smallest absolute Gasteiger partial charge is 0.194 e. The van der Waals surface area contributed by atoms with Crippen LogP contribution in [0.1, 0.15) is 36.5 Å². The summed E-state index contributed by atoms with van der Waals surface area (Å²) in [5.41, 5.74) is 0.543. The molecule has 0 aliphatic rings. The SMILES string of the molecule is CCCNC(c1ccnc(C)n1)c1ccc(F)c(F)c1F. The molecule has 1 aromatic heterocycles. The molecule has 112 valence electrons. The first-order valence-corrected chi connectivity index (χ1v) is 6.71. The number of nitrogens with zero attached hydrogens (tertiary/aromatic N) is 2. The summed E-state index contributed by atoms with van der Waals surface area (Å²) >= 11 is 0. The van der Waals surface area contributed by atoms with Crippen LogP contribution in [0.3, 0.4) is 0 Å². The van der Waals surface area contributed by atoms with E-state index in [4.69, 9.17) is 0 Å². The molecule has 1 N–H and O–H groups in total. The van der Waals surface area contributed by atoms with Crippen molar-refractivity contribution >= 4 is 0 Å². The minimum atomic E-state index is -1.47. The number of hydrogen-bond donors (Lipinski definition) is 1. The third-order valence-electron chi connectivity index (χ3n) is 3.07. The molecule has 1 aromatic carbocycles. The van der Waals surface area contributed by atoms with Gasteiger partial charge < -0.3 is 5.32 Å². The fourth-order valence-electron chi connectivity index (χ4n) is 2.06. The van der Waals surface area contributed by atoms with Crippen molar-refractivity contribution in [3.63, 3.8) is 0 Å². The molecule has 0 bridgehead atoms. The lowest BCUT2D eigenvalue weighted by Gasteiger charge is -2.19. The highest BCUT2D eigenvalue weighted by molar-refractivity contribution is 5.30. The fraction of sp³-hybridized carbons (Fsp3) is 0.333. The van der Waals surface area contributed by atoms with Gasteiger partial charge in [0.2, 0.25) is 0 Å². The first kappa shape index (κ1) is 15.4. The van der Waals surface area contributed by atoms with Crippen molar-refractivity contribution < 1.29 is 13.2 Å². The van der Waals surface area contributed by atoms with Gasteiger partial charge in [0.1, 0.15) is 5.82 Å². The monoisotopic (exact) mass is 295 g/mol. The van der Waals surface area contributed by atoms with Crippen molar-refractivity contribution in [2.75, 3.05) is 6.54 Å². The Bertz CT molecular complexity index is 632. The van der Waals surface area contributed by atoms with E-state index in [9.17, 15) is 13.2 Å². The van der Waals surface area contributed by atoms with Crippen LogP contribution in [-0.2, 0) is 0 Å². The van der Waals surface area contributed by atoms with E-state index in [0.29, 0.717) is 18.1 Å². The van der Waals surface area contributed by atoms with Crippen LogP contribution in [-0.4, -0.2) is 16.5 Å². The van der Waals surface area contributed by atoms with Gasteiger partial charge in [-0.25, -0.2) is 23.1 Å². The third-order valence-corrected chi connectivity index (χ3v) is 3.07. The molecular formula is C15H16F3N3. The summed E-state index contributed by atoms with van der Waals surface area (Å²) < 4.78 is 40.6. The van der Waals surface area contributed by atoms with Gasteiger partial charge in [0, 0.05) is 11.8 Å². The summed E-state index contributed by atoms with van der Waals surface area (Å²) in [5.74, 6) is -3.34. The molecule has 1 unspecified atom stereocenters. The molecule has 2 rings (SSSR count). The Labute approximate surface area is 121 Å². The van der Waals surface area contributed by atoms with Crippen LogP contribution < -0.4 is 5.32 Å². The largest absolute Gasteiger partial charge is 0.305 e. The van der Waals surface area contributed by atoms with Crippen molar-refractivity contribution in [1.29, 1.82) is 0 Å². The molecule has 0 saturated carbocycles. The molecule has 1 heterocycles. The van der Waals surface area contributed by atoms with Gasteiger partial charge in [0.25, 0.3) is 0 Å². The van der Waals surface area contributed by atoms with E-state index < -0.39 is 23.5 Å². The Morgan fingerprint density at radius 2 is 1.90 bits per heavy atom. The fourth-order valence-corrected chi connectivity index (χ4v) is 2.06. The van der Waals surface area contributed by atoms with Gasteiger partial charge in [0.05, 0.1) is 11.7 Å². The van der Waals surface area contributed by atoms with Crippen molar-refractivity contribution in [1.82, 2.24) is 15.3 Å². The van der Waals surface area contributed by atoms with Crippen LogP contribution in [0.15, 0.2) is 24.4 Å². The Kier molecular flexibility index (Phi) is 4.90. The zero-order valence-electron chi connectivity index (χ0n) is 11.8. The average Bonchev–Trinajstić information content (AvgIpc) is 2.47. The van der Waals surface area contributed by atoms with E-state index in [1.165, 1.54) is 6.07 Å². The maximum atomic E-state index is 14.0. The van der Waals surface area contributed by atoms with Crippen molar-refractivity contribution in [3.05, 3.63) is 58.9 Å². The molecule has 0 radical (unpaired) electrons. The van der Waals surface area contributed by atoms with Gasteiger partial charge in [0.15, 0.2) is 17.5 Å². The number of aromatic nitrogens is 2. The molecule has 0 spiro atoms. The lowest BCUT2D eigenvalue weighted by atomic mass is 10.0. The zero-order chi connectivity index (χ0) is 15.4. The lowest BCUT2D eigenvalue weighted by Crippen LogP contribution is -2.25. The minimum absolute atomic E-state index is 0.0282. The van der Waals surface area contributed by atoms with Crippen molar-refractivity contribution in [2.24, 2.45) is 0 Å². The van der Waals surface area contributed by atoms with Gasteiger partial charge in [-0.15, -0.1) is 0 Å². The van der Waals surface area contributed by atoms with Crippen LogP contribution in [0.4, 0.5) is 13.2 Å². The summed E-state index contributed by atoms with van der Waals surface area (Å²) in [6.45, 7) is 4.25. The lowest BCUT2D eigenvalue weighted by molar-refractivity contribution is 0.431. The molecule has 0 aliphatic carbocycles. The second-order valence-corrected chi connectivity index (χ2v) is 4.68. The average molecular weight is 295 g/mol. The van der Waals surface area contributed by atoms with E-state index in [1.54, 1.807) is 19.2 Å². The predicted molar refractivity (Wildman–Crippen MR) is 73.2 cm³/mol. The normalized spacial score (nSPS) is 12.4. The summed E-state index contributed by atoms with van der Waals surface area (Å²) in [6.07, 6.45) is 2.36. The highest BCUT2D eigenvalue weighted by Gasteiger charge is 2.23. The van der Waals surface area contributed by atoms with E-state index >= 15 is 0 Å². The van der Waals surface area contributed by atoms with E-state index in [0.717, 1.165) is 12.5 Å². The Hall–Kier alpha value is -1.95. The summed E-state index contributed by atoms with van der Waals surface area (Å²) in [7, 11) is 0. The Morgan fingerprint density at radius 1 is 1.14 bits per heavy atom. The molecule has 1 atom stereocenters. The van der Waals surface area contributed by atoms with Crippen LogP contribution in [0.5, 0.6) is 0 Å². The number of aryl methyl sites for hydroxylation is 1. The molecule has 3 nitrogen and oxygen atoms in total. The zero-order valence-corrected chi connectivity index (χ0v) is 11.8. The molecule has 0 fully saturated rings. The number of hydrogen-bond acceptors (Lipinski definition) is 3. The van der Waals surface area contributed by atoms with Crippen molar-refractivity contribution in [2.45, 2.75) is 26.3 Å². The third kappa shape index (κ3) is 3.39. The van der Waals surface area contributed by atoms with Gasteiger partial charge in [-0.2, -0.15) is 0 Å². The van der Waals surface area contributed by atoms with Gasteiger partial charge in [-0.05, 0) is 32.0 Å². The highest BCUT2D eigenvalue weighted by Crippen LogP contribution is 2.25. The number of benzene rings is 1. The second-order valence-electron chi connectivity index (χ2n) is 4.68. The Morgan fingerprint density at radius 3 is 2.57 bits per heavy atom. The molecule has 6 heteroatoms. The quantitative estimate of drug-likeness (QED) is 0.860. The summed E-state index contributed by atoms with van der Waals surface area (Å²) in [6, 6.07) is 3.13. The molecule has 2 aromatic rings. The number of halogens is 3. The maximum absolute atomic E-state index is 14.0.